The lowest BCUT2D eigenvalue weighted by Gasteiger charge is -2.25. The fraction of sp³-hybridized carbons (Fsp3) is 0.533. The maximum atomic E-state index is 11.9. The monoisotopic (exact) mass is 346 g/mol. The lowest BCUT2D eigenvalue weighted by molar-refractivity contribution is -0.121. The summed E-state index contributed by atoms with van der Waals surface area (Å²) in [6.07, 6.45) is 2.45. The normalized spacial score (nSPS) is 13.1. The van der Waals surface area contributed by atoms with E-state index in [1.54, 1.807) is 19.1 Å². The van der Waals surface area contributed by atoms with Crippen molar-refractivity contribution in [2.75, 3.05) is 19.3 Å². The summed E-state index contributed by atoms with van der Waals surface area (Å²) in [6, 6.07) is 7.20. The number of carbonyl (C=O) groups excluding carboxylic acids is 1. The number of halogens is 1. The summed E-state index contributed by atoms with van der Waals surface area (Å²) in [6.45, 7) is 4.00. The van der Waals surface area contributed by atoms with E-state index in [9.17, 15) is 13.2 Å². The van der Waals surface area contributed by atoms with Gasteiger partial charge in [0.15, 0.2) is 0 Å². The van der Waals surface area contributed by atoms with Gasteiger partial charge in [0.1, 0.15) is 0 Å². The average Bonchev–Trinajstić information content (AvgIpc) is 2.45. The highest BCUT2D eigenvalue weighted by molar-refractivity contribution is 7.88. The number of nitrogens with zero attached hydrogens (tertiary/aromatic N) is 1. The molecular weight excluding hydrogens is 324 g/mol. The molecule has 0 heterocycles. The van der Waals surface area contributed by atoms with Gasteiger partial charge in [-0.1, -0.05) is 30.7 Å². The van der Waals surface area contributed by atoms with Crippen LogP contribution in [0.3, 0.4) is 0 Å². The summed E-state index contributed by atoms with van der Waals surface area (Å²) in [5.74, 6) is -0.292. The van der Waals surface area contributed by atoms with Crippen LogP contribution in [0.5, 0.6) is 0 Å². The van der Waals surface area contributed by atoms with Crippen LogP contribution in [0.25, 0.3) is 0 Å². The van der Waals surface area contributed by atoms with Crippen LogP contribution in [0.2, 0.25) is 5.02 Å². The Morgan fingerprint density at radius 2 is 1.91 bits per heavy atom. The van der Waals surface area contributed by atoms with Crippen LogP contribution >= 0.6 is 11.6 Å². The first kappa shape index (κ1) is 18.9. The molecule has 22 heavy (non-hydrogen) atoms. The van der Waals surface area contributed by atoms with Crippen molar-refractivity contribution < 1.29 is 13.2 Å². The van der Waals surface area contributed by atoms with E-state index in [0.29, 0.717) is 24.4 Å². The second-order valence-corrected chi connectivity index (χ2v) is 7.66. The number of nitrogens with one attached hydrogen (secondary N) is 1. The van der Waals surface area contributed by atoms with Gasteiger partial charge in [-0.15, -0.1) is 0 Å². The Morgan fingerprint density at radius 1 is 1.32 bits per heavy atom. The number of rotatable bonds is 8. The average molecular weight is 347 g/mol. The van der Waals surface area contributed by atoms with E-state index in [1.165, 1.54) is 4.31 Å². The Kier molecular flexibility index (Phi) is 7.32. The summed E-state index contributed by atoms with van der Waals surface area (Å²) >= 11 is 5.81. The number of hydrogen-bond donors (Lipinski definition) is 1. The van der Waals surface area contributed by atoms with Crippen LogP contribution < -0.4 is 5.32 Å². The zero-order valence-electron chi connectivity index (χ0n) is 13.2. The van der Waals surface area contributed by atoms with Gasteiger partial charge in [0.2, 0.25) is 15.9 Å². The van der Waals surface area contributed by atoms with Crippen molar-refractivity contribution in [1.82, 2.24) is 9.62 Å². The molecule has 1 rings (SSSR count). The maximum absolute atomic E-state index is 11.9. The summed E-state index contributed by atoms with van der Waals surface area (Å²) in [7, 11) is -3.40. The molecule has 5 nitrogen and oxygen atoms in total. The van der Waals surface area contributed by atoms with Gasteiger partial charge in [-0.2, -0.15) is 4.31 Å². The molecule has 1 atom stereocenters. The molecule has 1 aromatic carbocycles. The second kappa shape index (κ2) is 8.50. The lowest BCUT2D eigenvalue weighted by atomic mass is 10.1. The predicted molar refractivity (Wildman–Crippen MR) is 89.5 cm³/mol. The van der Waals surface area contributed by atoms with Crippen LogP contribution in [0.15, 0.2) is 24.3 Å². The minimum atomic E-state index is -3.40. The number of benzene rings is 1. The van der Waals surface area contributed by atoms with E-state index in [4.69, 9.17) is 11.6 Å². The first-order valence-electron chi connectivity index (χ1n) is 7.22. The molecule has 1 aromatic rings. The highest BCUT2D eigenvalue weighted by Crippen LogP contribution is 2.10. The molecular formula is C15H23ClN2O3S. The third-order valence-electron chi connectivity index (χ3n) is 3.46. The molecule has 1 amide bonds. The topological polar surface area (TPSA) is 66.5 Å². The number of hydrogen-bond acceptors (Lipinski definition) is 3. The van der Waals surface area contributed by atoms with E-state index in [-0.39, 0.29) is 18.5 Å². The SMILES string of the molecule is CCC(C)N(CC(=O)NCCc1ccc(Cl)cc1)S(C)(=O)=O. The fourth-order valence-corrected chi connectivity index (χ4v) is 3.28. The Hall–Kier alpha value is -1.11. The highest BCUT2D eigenvalue weighted by atomic mass is 35.5. The van der Waals surface area contributed by atoms with E-state index in [1.807, 2.05) is 19.1 Å². The van der Waals surface area contributed by atoms with E-state index < -0.39 is 10.0 Å². The summed E-state index contributed by atoms with van der Waals surface area (Å²) in [5, 5.41) is 3.42. The van der Waals surface area contributed by atoms with Crippen molar-refractivity contribution in [3.05, 3.63) is 34.9 Å². The van der Waals surface area contributed by atoms with Crippen molar-refractivity contribution in [1.29, 1.82) is 0 Å². The largest absolute Gasteiger partial charge is 0.355 e. The van der Waals surface area contributed by atoms with Crippen molar-refractivity contribution in [2.24, 2.45) is 0 Å². The van der Waals surface area contributed by atoms with Crippen LogP contribution in [-0.4, -0.2) is 44.0 Å². The van der Waals surface area contributed by atoms with E-state index in [2.05, 4.69) is 5.32 Å². The standard InChI is InChI=1S/C15H23ClN2O3S/c1-4-12(2)18(22(3,20)21)11-15(19)17-10-9-13-5-7-14(16)8-6-13/h5-8,12H,4,9-11H2,1-3H3,(H,17,19). The minimum Gasteiger partial charge on any atom is -0.355 e. The molecule has 0 aliphatic carbocycles. The molecule has 0 saturated carbocycles. The van der Waals surface area contributed by atoms with Crippen molar-refractivity contribution >= 4 is 27.5 Å². The molecule has 124 valence electrons. The van der Waals surface area contributed by atoms with Crippen molar-refractivity contribution in [3.8, 4) is 0 Å². The quantitative estimate of drug-likeness (QED) is 0.783. The minimum absolute atomic E-state index is 0.144. The van der Waals surface area contributed by atoms with Gasteiger partial charge in [-0.3, -0.25) is 4.79 Å². The van der Waals surface area contributed by atoms with Gasteiger partial charge >= 0.3 is 0 Å². The van der Waals surface area contributed by atoms with Gasteiger partial charge in [0.25, 0.3) is 0 Å². The molecule has 0 saturated heterocycles. The Labute approximate surface area is 137 Å². The number of carbonyl (C=O) groups is 1. The van der Waals surface area contributed by atoms with Crippen LogP contribution in [0.1, 0.15) is 25.8 Å². The summed E-state index contributed by atoms with van der Waals surface area (Å²) < 4.78 is 24.7. The molecule has 0 aliphatic heterocycles. The van der Waals surface area contributed by atoms with Crippen molar-refractivity contribution in [3.63, 3.8) is 0 Å². The van der Waals surface area contributed by atoms with Gasteiger partial charge in [0.05, 0.1) is 12.8 Å². The zero-order chi connectivity index (χ0) is 16.8. The van der Waals surface area contributed by atoms with Gasteiger partial charge in [-0.05, 0) is 37.5 Å². The highest BCUT2D eigenvalue weighted by Gasteiger charge is 2.24. The molecule has 0 bridgehead atoms. The molecule has 0 spiro atoms. The predicted octanol–water partition coefficient (Wildman–Crippen LogP) is 2.06. The lowest BCUT2D eigenvalue weighted by Crippen LogP contribution is -2.44. The molecule has 0 fully saturated rings. The van der Waals surface area contributed by atoms with Crippen LogP contribution in [0.4, 0.5) is 0 Å². The molecule has 1 unspecified atom stereocenters. The Bertz CT molecular complexity index is 587. The number of amides is 1. The Morgan fingerprint density at radius 3 is 2.41 bits per heavy atom. The summed E-state index contributed by atoms with van der Waals surface area (Å²) in [4.78, 5) is 11.9. The zero-order valence-corrected chi connectivity index (χ0v) is 14.7. The third kappa shape index (κ3) is 6.34. The number of sulfonamides is 1. The second-order valence-electron chi connectivity index (χ2n) is 5.29. The smallest absolute Gasteiger partial charge is 0.235 e. The van der Waals surface area contributed by atoms with Gasteiger partial charge < -0.3 is 5.32 Å². The van der Waals surface area contributed by atoms with E-state index >= 15 is 0 Å². The van der Waals surface area contributed by atoms with E-state index in [0.717, 1.165) is 11.8 Å². The van der Waals surface area contributed by atoms with Crippen LogP contribution in [-0.2, 0) is 21.2 Å². The molecule has 0 radical (unpaired) electrons. The first-order chi connectivity index (χ1) is 10.2. The third-order valence-corrected chi connectivity index (χ3v) is 5.05. The molecule has 0 aromatic heterocycles. The molecule has 0 aliphatic rings. The first-order valence-corrected chi connectivity index (χ1v) is 9.44. The molecule has 7 heteroatoms. The van der Waals surface area contributed by atoms with Crippen molar-refractivity contribution in [2.45, 2.75) is 32.7 Å². The Balaban J connectivity index is 2.49. The maximum Gasteiger partial charge on any atom is 0.235 e. The van der Waals surface area contributed by atoms with Gasteiger partial charge in [0, 0.05) is 17.6 Å². The fourth-order valence-electron chi connectivity index (χ4n) is 2.00. The van der Waals surface area contributed by atoms with Crippen LogP contribution in [0, 0.1) is 0 Å². The molecule has 1 N–H and O–H groups in total. The summed E-state index contributed by atoms with van der Waals surface area (Å²) in [5.41, 5.74) is 1.06. The van der Waals surface area contributed by atoms with Gasteiger partial charge in [-0.25, -0.2) is 8.42 Å².